The lowest BCUT2D eigenvalue weighted by Gasteiger charge is -2.04. The third-order valence-corrected chi connectivity index (χ3v) is 4.12. The molecule has 7 heteroatoms. The second kappa shape index (κ2) is 6.84. The SMILES string of the molecule is Cc1oc(-c2ccc3c(c2)OCO3)nc1CC(=O)Nc1cccc(C#N)c1. The highest BCUT2D eigenvalue weighted by molar-refractivity contribution is 5.92. The topological polar surface area (TPSA) is 97.4 Å². The molecule has 1 aliphatic rings. The van der Waals surface area contributed by atoms with Gasteiger partial charge in [0.15, 0.2) is 11.5 Å². The smallest absolute Gasteiger partial charge is 0.231 e. The number of nitriles is 1. The van der Waals surface area contributed by atoms with Crippen LogP contribution in [0.25, 0.3) is 11.5 Å². The lowest BCUT2D eigenvalue weighted by molar-refractivity contribution is -0.115. The molecule has 3 aromatic rings. The van der Waals surface area contributed by atoms with Crippen LogP contribution >= 0.6 is 0 Å². The van der Waals surface area contributed by atoms with Gasteiger partial charge in [-0.15, -0.1) is 0 Å². The van der Waals surface area contributed by atoms with Crippen LogP contribution in [0.2, 0.25) is 0 Å². The molecular weight excluding hydrogens is 346 g/mol. The number of rotatable bonds is 4. The second-order valence-corrected chi connectivity index (χ2v) is 6.01. The average molecular weight is 361 g/mol. The Morgan fingerprint density at radius 1 is 1.22 bits per heavy atom. The summed E-state index contributed by atoms with van der Waals surface area (Å²) < 4.78 is 16.4. The van der Waals surface area contributed by atoms with Gasteiger partial charge in [-0.2, -0.15) is 5.26 Å². The Morgan fingerprint density at radius 2 is 2.07 bits per heavy atom. The number of aryl methyl sites for hydroxylation is 1. The first-order valence-electron chi connectivity index (χ1n) is 8.29. The minimum absolute atomic E-state index is 0.0661. The van der Waals surface area contributed by atoms with Crippen LogP contribution in [0.15, 0.2) is 46.9 Å². The monoisotopic (exact) mass is 361 g/mol. The molecule has 2 aromatic carbocycles. The Morgan fingerprint density at radius 3 is 2.93 bits per heavy atom. The van der Waals surface area contributed by atoms with Crippen LogP contribution in [-0.2, 0) is 11.2 Å². The molecule has 0 saturated heterocycles. The molecule has 0 aliphatic carbocycles. The summed E-state index contributed by atoms with van der Waals surface area (Å²) in [6.07, 6.45) is 0.0661. The molecule has 1 amide bonds. The number of carbonyl (C=O) groups is 1. The molecule has 0 atom stereocenters. The minimum Gasteiger partial charge on any atom is -0.454 e. The van der Waals surface area contributed by atoms with Gasteiger partial charge in [-0.25, -0.2) is 4.98 Å². The molecule has 4 rings (SSSR count). The second-order valence-electron chi connectivity index (χ2n) is 6.01. The van der Waals surface area contributed by atoms with Crippen LogP contribution in [0.3, 0.4) is 0 Å². The van der Waals surface area contributed by atoms with E-state index >= 15 is 0 Å². The summed E-state index contributed by atoms with van der Waals surface area (Å²) in [5.41, 5.74) is 2.35. The third kappa shape index (κ3) is 3.46. The first kappa shape index (κ1) is 16.7. The van der Waals surface area contributed by atoms with E-state index in [0.717, 1.165) is 5.56 Å². The van der Waals surface area contributed by atoms with Gasteiger partial charge in [0.05, 0.1) is 23.7 Å². The van der Waals surface area contributed by atoms with Crippen molar-refractivity contribution in [3.05, 3.63) is 59.5 Å². The quantitative estimate of drug-likeness (QED) is 0.764. The van der Waals surface area contributed by atoms with E-state index in [0.29, 0.717) is 40.1 Å². The maximum atomic E-state index is 12.3. The molecule has 27 heavy (non-hydrogen) atoms. The number of anilines is 1. The predicted molar refractivity (Wildman–Crippen MR) is 96.3 cm³/mol. The van der Waals surface area contributed by atoms with Crippen molar-refractivity contribution in [1.29, 1.82) is 5.26 Å². The van der Waals surface area contributed by atoms with Gasteiger partial charge in [-0.05, 0) is 43.3 Å². The van der Waals surface area contributed by atoms with Crippen LogP contribution < -0.4 is 14.8 Å². The van der Waals surface area contributed by atoms with Gasteiger partial charge in [0.1, 0.15) is 5.76 Å². The lowest BCUT2D eigenvalue weighted by Crippen LogP contribution is -2.15. The van der Waals surface area contributed by atoms with Gasteiger partial charge < -0.3 is 19.2 Å². The summed E-state index contributed by atoms with van der Waals surface area (Å²) in [5, 5.41) is 11.7. The van der Waals surface area contributed by atoms with E-state index in [1.165, 1.54) is 0 Å². The third-order valence-electron chi connectivity index (χ3n) is 4.12. The summed E-state index contributed by atoms with van der Waals surface area (Å²) >= 11 is 0. The number of nitrogens with zero attached hydrogens (tertiary/aromatic N) is 2. The van der Waals surface area contributed by atoms with E-state index in [9.17, 15) is 4.79 Å². The Balaban J connectivity index is 1.50. The molecule has 1 N–H and O–H groups in total. The molecular formula is C20H15N3O4. The Hall–Kier alpha value is -3.79. The molecule has 0 unspecified atom stereocenters. The maximum Gasteiger partial charge on any atom is 0.231 e. The van der Waals surface area contributed by atoms with Crippen LogP contribution in [0.1, 0.15) is 17.0 Å². The highest BCUT2D eigenvalue weighted by Gasteiger charge is 2.18. The van der Waals surface area contributed by atoms with Crippen molar-refractivity contribution in [3.8, 4) is 29.0 Å². The van der Waals surface area contributed by atoms with E-state index < -0.39 is 0 Å². The number of hydrogen-bond donors (Lipinski definition) is 1. The summed E-state index contributed by atoms with van der Waals surface area (Å²) in [7, 11) is 0. The number of aromatic nitrogens is 1. The Bertz CT molecular complexity index is 1070. The highest BCUT2D eigenvalue weighted by atomic mass is 16.7. The first-order valence-corrected chi connectivity index (χ1v) is 8.29. The summed E-state index contributed by atoms with van der Waals surface area (Å²) in [4.78, 5) is 16.8. The van der Waals surface area contributed by atoms with Crippen molar-refractivity contribution in [2.24, 2.45) is 0 Å². The molecule has 0 fully saturated rings. The number of amides is 1. The van der Waals surface area contributed by atoms with Crippen molar-refractivity contribution in [2.45, 2.75) is 13.3 Å². The molecule has 2 heterocycles. The summed E-state index contributed by atoms with van der Waals surface area (Å²) in [5.74, 6) is 2.07. The van der Waals surface area contributed by atoms with Crippen molar-refractivity contribution >= 4 is 11.6 Å². The maximum absolute atomic E-state index is 12.3. The normalized spacial score (nSPS) is 11.9. The fourth-order valence-electron chi connectivity index (χ4n) is 2.77. The first-order chi connectivity index (χ1) is 13.1. The molecule has 0 bridgehead atoms. The molecule has 0 radical (unpaired) electrons. The van der Waals surface area contributed by atoms with Crippen LogP contribution in [0.5, 0.6) is 11.5 Å². The van der Waals surface area contributed by atoms with Crippen molar-refractivity contribution < 1.29 is 18.7 Å². The predicted octanol–water partition coefficient (Wildman–Crippen LogP) is 3.43. The van der Waals surface area contributed by atoms with Crippen molar-refractivity contribution in [3.63, 3.8) is 0 Å². The van der Waals surface area contributed by atoms with Gasteiger partial charge in [-0.3, -0.25) is 4.79 Å². The zero-order chi connectivity index (χ0) is 18.8. The van der Waals surface area contributed by atoms with Gasteiger partial charge in [0.2, 0.25) is 18.6 Å². The Labute approximate surface area is 155 Å². The summed E-state index contributed by atoms with van der Waals surface area (Å²) in [6.45, 7) is 1.96. The van der Waals surface area contributed by atoms with Crippen molar-refractivity contribution in [1.82, 2.24) is 4.98 Å². The number of ether oxygens (including phenoxy) is 2. The molecule has 1 aliphatic heterocycles. The highest BCUT2D eigenvalue weighted by Crippen LogP contribution is 2.36. The molecule has 0 saturated carbocycles. The lowest BCUT2D eigenvalue weighted by atomic mass is 10.2. The number of fused-ring (bicyclic) bond motifs is 1. The largest absolute Gasteiger partial charge is 0.454 e. The van der Waals surface area contributed by atoms with Gasteiger partial charge in [0, 0.05) is 11.3 Å². The van der Waals surface area contributed by atoms with Crippen molar-refractivity contribution in [2.75, 3.05) is 12.1 Å². The van der Waals surface area contributed by atoms with E-state index in [4.69, 9.17) is 19.2 Å². The fourth-order valence-corrected chi connectivity index (χ4v) is 2.77. The van der Waals surface area contributed by atoms with Crippen LogP contribution in [0.4, 0.5) is 5.69 Å². The molecule has 0 spiro atoms. The number of hydrogen-bond acceptors (Lipinski definition) is 6. The van der Waals surface area contributed by atoms with Gasteiger partial charge in [-0.1, -0.05) is 6.07 Å². The zero-order valence-corrected chi connectivity index (χ0v) is 14.5. The van der Waals surface area contributed by atoms with Gasteiger partial charge in [0.25, 0.3) is 0 Å². The number of nitrogens with one attached hydrogen (secondary N) is 1. The van der Waals surface area contributed by atoms with Crippen LogP contribution in [0, 0.1) is 18.3 Å². The minimum atomic E-state index is -0.237. The molecule has 7 nitrogen and oxygen atoms in total. The number of oxazole rings is 1. The Kier molecular flexibility index (Phi) is 4.22. The fraction of sp³-hybridized carbons (Fsp3) is 0.150. The van der Waals surface area contributed by atoms with E-state index in [1.807, 2.05) is 12.1 Å². The summed E-state index contributed by atoms with van der Waals surface area (Å²) in [6, 6.07) is 14.2. The standard InChI is InChI=1S/C20H15N3O4/c1-12-16(9-19(24)22-15-4-2-3-13(7-15)10-21)23-20(27-12)14-5-6-17-18(8-14)26-11-25-17/h2-8H,9,11H2,1H3,(H,22,24). The van der Waals surface area contributed by atoms with E-state index in [2.05, 4.69) is 10.3 Å². The molecule has 134 valence electrons. The number of benzene rings is 2. The van der Waals surface area contributed by atoms with E-state index in [-0.39, 0.29) is 19.1 Å². The zero-order valence-electron chi connectivity index (χ0n) is 14.5. The number of carbonyl (C=O) groups excluding carboxylic acids is 1. The molecule has 1 aromatic heterocycles. The average Bonchev–Trinajstić information content (AvgIpc) is 3.28. The van der Waals surface area contributed by atoms with Crippen LogP contribution in [-0.4, -0.2) is 17.7 Å². The van der Waals surface area contributed by atoms with Gasteiger partial charge >= 0.3 is 0 Å². The van der Waals surface area contributed by atoms with E-state index in [1.54, 1.807) is 43.3 Å².